The molecular weight excluding hydrogens is 930 g/mol. The lowest BCUT2D eigenvalue weighted by molar-refractivity contribution is -0.137. The summed E-state index contributed by atoms with van der Waals surface area (Å²) in [6, 6.07) is 22.8. The van der Waals surface area contributed by atoms with Crippen LogP contribution in [0.25, 0.3) is 22.2 Å². The van der Waals surface area contributed by atoms with Crippen LogP contribution in [0.4, 0.5) is 35.0 Å². The van der Waals surface area contributed by atoms with Crippen molar-refractivity contribution in [3.8, 4) is 40.3 Å². The Balaban J connectivity index is 1.19. The first kappa shape index (κ1) is 47.9. The highest BCUT2D eigenvalue weighted by Crippen LogP contribution is 2.51. The second-order valence-electron chi connectivity index (χ2n) is 17.1. The Morgan fingerprint density at radius 1 is 0.843 bits per heavy atom. The number of rotatable bonds is 16. The van der Waals surface area contributed by atoms with Crippen molar-refractivity contribution in [3.63, 3.8) is 0 Å². The van der Waals surface area contributed by atoms with Crippen LogP contribution in [0.2, 0.25) is 5.02 Å². The number of likely N-dealkylation sites (N-methyl/N-ethyl adjacent to an activating group) is 1. The topological polar surface area (TPSA) is 132 Å². The van der Waals surface area contributed by atoms with Gasteiger partial charge >= 0.3 is 12.2 Å². The van der Waals surface area contributed by atoms with Crippen LogP contribution in [-0.2, 0) is 25.8 Å². The van der Waals surface area contributed by atoms with E-state index < -0.39 is 39.9 Å². The number of alkyl halides is 3. The van der Waals surface area contributed by atoms with Crippen molar-refractivity contribution < 1.29 is 41.2 Å². The zero-order valence-corrected chi connectivity index (χ0v) is 40.0. The van der Waals surface area contributed by atoms with Gasteiger partial charge in [0.05, 0.1) is 61.1 Å². The minimum Gasteiger partial charge on any atom is -0.497 e. The summed E-state index contributed by atoms with van der Waals surface area (Å²) >= 11 is 7.23. The zero-order valence-electron chi connectivity index (χ0n) is 39.3. The Labute approximate surface area is 407 Å². The van der Waals surface area contributed by atoms with E-state index in [0.29, 0.717) is 42.6 Å². The van der Waals surface area contributed by atoms with E-state index in [1.54, 1.807) is 58.0 Å². The summed E-state index contributed by atoms with van der Waals surface area (Å²) < 4.78 is 93.3. The molecule has 5 heterocycles. The number of anilines is 3. The molecule has 2 aliphatic heterocycles. The molecule has 3 aromatic heterocycles. The summed E-state index contributed by atoms with van der Waals surface area (Å²) in [6.45, 7) is 5.29. The van der Waals surface area contributed by atoms with Gasteiger partial charge in [-0.1, -0.05) is 48.0 Å². The highest BCUT2D eigenvalue weighted by Gasteiger charge is 2.41. The normalized spacial score (nSPS) is 14.4. The van der Waals surface area contributed by atoms with E-state index in [2.05, 4.69) is 15.3 Å². The molecule has 0 radical (unpaired) electrons. The van der Waals surface area contributed by atoms with E-state index in [0.717, 1.165) is 22.4 Å². The molecule has 1 N–H and O–H groups in total. The number of halogens is 5. The van der Waals surface area contributed by atoms with Crippen molar-refractivity contribution in [1.29, 1.82) is 0 Å². The smallest absolute Gasteiger partial charge is 0.418 e. The van der Waals surface area contributed by atoms with Crippen LogP contribution in [0, 0.1) is 12.7 Å². The second kappa shape index (κ2) is 20.0. The minimum absolute atomic E-state index is 0.0325. The van der Waals surface area contributed by atoms with Crippen molar-refractivity contribution in [2.24, 2.45) is 0 Å². The van der Waals surface area contributed by atoms with Crippen molar-refractivity contribution in [3.05, 3.63) is 136 Å². The maximum Gasteiger partial charge on any atom is 0.418 e. The molecule has 4 aromatic carbocycles. The van der Waals surface area contributed by atoms with E-state index in [-0.39, 0.29) is 72.2 Å². The molecule has 70 heavy (non-hydrogen) atoms. The number of likely N-dealkylation sites (tertiary alicyclic amines) is 1. The molecule has 14 nitrogen and oxygen atoms in total. The number of hydrogen-bond acceptors (Lipinski definition) is 14. The number of nitrogens with one attached hydrogen (secondary N) is 1. The lowest BCUT2D eigenvalue weighted by atomic mass is 9.98. The number of nitrogens with zero attached hydrogens (tertiary/aromatic N) is 8. The van der Waals surface area contributed by atoms with Gasteiger partial charge in [-0.3, -0.25) is 9.88 Å². The van der Waals surface area contributed by atoms with E-state index in [9.17, 15) is 0 Å². The van der Waals surface area contributed by atoms with Gasteiger partial charge in [-0.25, -0.2) is 14.4 Å². The molecule has 1 saturated heterocycles. The van der Waals surface area contributed by atoms with Crippen LogP contribution >= 0.6 is 11.6 Å². The number of hydrogen-bond donors (Lipinski definition) is 1. The molecule has 0 saturated carbocycles. The number of ether oxygens (including phenoxy) is 5. The van der Waals surface area contributed by atoms with Crippen LogP contribution < -0.4 is 38.8 Å². The first-order valence-corrected chi connectivity index (χ1v) is 22.9. The summed E-state index contributed by atoms with van der Waals surface area (Å²) in [4.78, 5) is 29.2. The molecule has 1 fully saturated rings. The quantitative estimate of drug-likeness (QED) is 0.0922. The molecule has 0 unspecified atom stereocenters. The third-order valence-corrected chi connectivity index (χ3v) is 12.8. The predicted molar refractivity (Wildman–Crippen MR) is 259 cm³/mol. The first-order chi connectivity index (χ1) is 33.7. The summed E-state index contributed by atoms with van der Waals surface area (Å²) in [6.07, 6.45) is -2.18. The molecule has 19 heteroatoms. The third kappa shape index (κ3) is 9.83. The number of aryl methyl sites for hydroxylation is 1. The molecule has 1 atom stereocenters. The maximum absolute atomic E-state index is 18.0. The summed E-state index contributed by atoms with van der Waals surface area (Å²) in [7, 11) is 6.65. The molecule has 9 rings (SSSR count). The summed E-state index contributed by atoms with van der Waals surface area (Å²) in [5.74, 6) is 1.54. The van der Waals surface area contributed by atoms with Gasteiger partial charge < -0.3 is 38.8 Å². The standard InChI is InChI=1S/C51H50ClF4N9O5/c1-29-23-38(64(25-32-9-15-35(67-5)16-10-32)26-33-11-17-36(68-6)18-12-33)60-45(41(29)51(54,55)56)39-42(52)47-40-46(43(39)53)61-50(70-37-27-63(3)28-37)62-49(40)65(21-22-69-47)30(2)44-48(58-20-19-57-44)59-24-31-7-13-34(66-4)14-8-31/h7-20,23,30,37H,21-22,24-28H2,1-6H3,(H,58,59)/t30-/m1/s1. The largest absolute Gasteiger partial charge is 0.497 e. The molecule has 0 bridgehead atoms. The third-order valence-electron chi connectivity index (χ3n) is 12.4. The lowest BCUT2D eigenvalue weighted by Crippen LogP contribution is -2.51. The van der Waals surface area contributed by atoms with Gasteiger partial charge in [0.15, 0.2) is 11.6 Å². The van der Waals surface area contributed by atoms with E-state index in [4.69, 9.17) is 50.2 Å². The second-order valence-corrected chi connectivity index (χ2v) is 17.5. The Bertz CT molecular complexity index is 2950. The molecular formula is C51H50ClF4N9O5. The van der Waals surface area contributed by atoms with Crippen molar-refractivity contribution in [2.75, 3.05) is 69.7 Å². The molecule has 364 valence electrons. The monoisotopic (exact) mass is 979 g/mol. The number of benzene rings is 4. The van der Waals surface area contributed by atoms with E-state index in [1.807, 2.05) is 77.2 Å². The molecule has 0 spiro atoms. The maximum atomic E-state index is 18.0. The van der Waals surface area contributed by atoms with Gasteiger partial charge in [0.2, 0.25) is 0 Å². The Kier molecular flexibility index (Phi) is 13.7. The van der Waals surface area contributed by atoms with Gasteiger partial charge in [0, 0.05) is 45.1 Å². The van der Waals surface area contributed by atoms with E-state index >= 15 is 17.6 Å². The molecule has 0 amide bonds. The SMILES string of the molecule is COc1ccc(CNc2nccnc2[C@@H](C)N2CCOc3c(Cl)c(-c4nc(N(Cc5ccc(OC)cc5)Cc5ccc(OC)cc5)cc(C)c4C(F)(F)F)c(F)c4nc(OC5CN(C)C5)nc2c34)cc1. The Hall–Kier alpha value is -7.18. The zero-order chi connectivity index (χ0) is 49.3. The summed E-state index contributed by atoms with van der Waals surface area (Å²) in [5.41, 5.74) is 0.0501. The van der Waals surface area contributed by atoms with Crippen molar-refractivity contribution >= 4 is 40.0 Å². The van der Waals surface area contributed by atoms with Crippen LogP contribution in [0.15, 0.2) is 91.3 Å². The van der Waals surface area contributed by atoms with Crippen LogP contribution in [0.5, 0.6) is 29.0 Å². The van der Waals surface area contributed by atoms with Crippen LogP contribution in [0.1, 0.15) is 46.5 Å². The lowest BCUT2D eigenvalue weighted by Gasteiger charge is -2.35. The van der Waals surface area contributed by atoms with E-state index in [1.165, 1.54) is 13.0 Å². The Morgan fingerprint density at radius 2 is 1.43 bits per heavy atom. The molecule has 2 aliphatic rings. The van der Waals surface area contributed by atoms with Gasteiger partial charge in [0.25, 0.3) is 0 Å². The fraction of sp³-hybridized carbons (Fsp3) is 0.314. The molecule has 7 aromatic rings. The van der Waals surface area contributed by atoms with Crippen LogP contribution in [-0.4, -0.2) is 90.5 Å². The van der Waals surface area contributed by atoms with Gasteiger partial charge in [0.1, 0.15) is 58.6 Å². The fourth-order valence-corrected chi connectivity index (χ4v) is 9.10. The number of aromatic nitrogens is 5. The van der Waals surface area contributed by atoms with Crippen molar-refractivity contribution in [2.45, 2.75) is 51.8 Å². The number of methoxy groups -OCH3 is 3. The Morgan fingerprint density at radius 3 is 2.00 bits per heavy atom. The average Bonchev–Trinajstić information content (AvgIpc) is 3.54. The molecule has 0 aliphatic carbocycles. The minimum atomic E-state index is -5.00. The highest BCUT2D eigenvalue weighted by atomic mass is 35.5. The first-order valence-electron chi connectivity index (χ1n) is 22.5. The van der Waals surface area contributed by atoms with Gasteiger partial charge in [-0.15, -0.1) is 0 Å². The van der Waals surface area contributed by atoms with Crippen molar-refractivity contribution in [1.82, 2.24) is 29.8 Å². The predicted octanol–water partition coefficient (Wildman–Crippen LogP) is 10.1. The van der Waals surface area contributed by atoms with Crippen LogP contribution in [0.3, 0.4) is 0 Å². The van der Waals surface area contributed by atoms with Gasteiger partial charge in [-0.05, 0) is 85.6 Å². The average molecular weight is 980 g/mol. The highest BCUT2D eigenvalue weighted by molar-refractivity contribution is 6.36. The van der Waals surface area contributed by atoms with Gasteiger partial charge in [-0.2, -0.15) is 23.1 Å². The number of pyridine rings is 1. The summed E-state index contributed by atoms with van der Waals surface area (Å²) in [5, 5.41) is 3.01. The fourth-order valence-electron chi connectivity index (χ4n) is 8.78.